The highest BCUT2D eigenvalue weighted by atomic mass is 32.2. The maximum Gasteiger partial charge on any atom is 0.317 e. The number of nitrogens with zero attached hydrogens (tertiary/aromatic N) is 2. The van der Waals surface area contributed by atoms with E-state index in [9.17, 15) is 18.0 Å². The third-order valence-corrected chi connectivity index (χ3v) is 4.90. The highest BCUT2D eigenvalue weighted by Crippen LogP contribution is 2.11. The molecule has 0 bridgehead atoms. The molecule has 9 heteroatoms. The van der Waals surface area contributed by atoms with E-state index in [1.807, 2.05) is 4.90 Å². The number of carbonyl (C=O) groups excluding carboxylic acids is 2. The molecule has 0 aromatic heterocycles. The lowest BCUT2D eigenvalue weighted by atomic mass is 10.1. The van der Waals surface area contributed by atoms with Gasteiger partial charge < -0.3 is 15.1 Å². The Hall–Kier alpha value is -1.35. The third-order valence-electron chi connectivity index (χ3n) is 4.14. The minimum atomic E-state index is -3.25. The molecule has 0 radical (unpaired) electrons. The van der Waals surface area contributed by atoms with E-state index in [2.05, 4.69) is 10.0 Å². The maximum absolute atomic E-state index is 12.1. The number of amides is 3. The van der Waals surface area contributed by atoms with E-state index in [1.165, 1.54) is 0 Å². The van der Waals surface area contributed by atoms with Crippen molar-refractivity contribution in [3.05, 3.63) is 0 Å². The van der Waals surface area contributed by atoms with E-state index in [1.54, 1.807) is 4.90 Å². The normalized spacial score (nSPS) is 22.5. The van der Waals surface area contributed by atoms with Gasteiger partial charge in [-0.25, -0.2) is 17.9 Å². The highest BCUT2D eigenvalue weighted by molar-refractivity contribution is 7.88. The quantitative estimate of drug-likeness (QED) is 0.646. The average molecular weight is 346 g/mol. The Morgan fingerprint density at radius 3 is 2.74 bits per heavy atom. The van der Waals surface area contributed by atoms with E-state index >= 15 is 0 Å². The summed E-state index contributed by atoms with van der Waals surface area (Å²) in [6.45, 7) is 3.04. The average Bonchev–Trinajstić information content (AvgIpc) is 2.87. The fraction of sp³-hybridized carbons (Fsp3) is 0.857. The van der Waals surface area contributed by atoms with Gasteiger partial charge in [-0.1, -0.05) is 0 Å². The van der Waals surface area contributed by atoms with Crippen LogP contribution in [0.4, 0.5) is 4.79 Å². The van der Waals surface area contributed by atoms with Gasteiger partial charge in [0.05, 0.1) is 6.26 Å². The van der Waals surface area contributed by atoms with Crippen molar-refractivity contribution in [1.82, 2.24) is 19.8 Å². The second-order valence-electron chi connectivity index (χ2n) is 6.25. The molecule has 0 spiro atoms. The van der Waals surface area contributed by atoms with Crippen LogP contribution in [0.25, 0.3) is 0 Å². The van der Waals surface area contributed by atoms with Gasteiger partial charge in [0.2, 0.25) is 15.9 Å². The highest BCUT2D eigenvalue weighted by Gasteiger charge is 2.25. The van der Waals surface area contributed by atoms with Gasteiger partial charge in [-0.3, -0.25) is 4.79 Å². The second-order valence-corrected chi connectivity index (χ2v) is 8.03. The Bertz CT molecular complexity index is 537. The van der Waals surface area contributed by atoms with Crippen LogP contribution in [0, 0.1) is 0 Å². The molecule has 0 aromatic carbocycles. The molecule has 0 saturated carbocycles. The van der Waals surface area contributed by atoms with Gasteiger partial charge in [0.15, 0.2) is 0 Å². The smallest absolute Gasteiger partial charge is 0.317 e. The molecule has 8 nitrogen and oxygen atoms in total. The zero-order valence-electron chi connectivity index (χ0n) is 13.6. The van der Waals surface area contributed by atoms with Crippen LogP contribution in [0.1, 0.15) is 32.1 Å². The van der Waals surface area contributed by atoms with Crippen molar-refractivity contribution in [2.45, 2.75) is 38.1 Å². The van der Waals surface area contributed by atoms with Crippen molar-refractivity contribution in [2.24, 2.45) is 0 Å². The molecule has 1 atom stereocenters. The summed E-state index contributed by atoms with van der Waals surface area (Å²) in [5.41, 5.74) is 0. The zero-order valence-corrected chi connectivity index (χ0v) is 14.4. The lowest BCUT2D eigenvalue weighted by Crippen LogP contribution is -2.52. The van der Waals surface area contributed by atoms with E-state index in [0.29, 0.717) is 32.6 Å². The molecule has 2 rings (SSSR count). The van der Waals surface area contributed by atoms with Gasteiger partial charge in [-0.2, -0.15) is 0 Å². The maximum atomic E-state index is 12.1. The van der Waals surface area contributed by atoms with Crippen molar-refractivity contribution in [3.63, 3.8) is 0 Å². The van der Waals surface area contributed by atoms with Gasteiger partial charge in [0, 0.05) is 45.2 Å². The summed E-state index contributed by atoms with van der Waals surface area (Å²) in [6, 6.07) is -0.385. The molecule has 2 saturated heterocycles. The van der Waals surface area contributed by atoms with Crippen LogP contribution in [0.5, 0.6) is 0 Å². The molecule has 2 fully saturated rings. The first-order chi connectivity index (χ1) is 10.8. The summed E-state index contributed by atoms with van der Waals surface area (Å²) in [6.07, 6.45) is 4.95. The van der Waals surface area contributed by atoms with Crippen LogP contribution in [-0.4, -0.2) is 75.2 Å². The lowest BCUT2D eigenvalue weighted by molar-refractivity contribution is -0.127. The number of carbonyl (C=O) groups is 2. The Morgan fingerprint density at radius 2 is 2.09 bits per heavy atom. The van der Waals surface area contributed by atoms with Crippen molar-refractivity contribution < 1.29 is 18.0 Å². The predicted octanol–water partition coefficient (Wildman–Crippen LogP) is -0.278. The zero-order chi connectivity index (χ0) is 16.9. The first kappa shape index (κ1) is 18.0. The Labute approximate surface area is 137 Å². The monoisotopic (exact) mass is 346 g/mol. The van der Waals surface area contributed by atoms with E-state index in [-0.39, 0.29) is 18.0 Å². The topological polar surface area (TPSA) is 98.8 Å². The number of hydrogen-bond acceptors (Lipinski definition) is 4. The SMILES string of the molecule is CS(=O)(=O)N[C@H]1CCCN(C(=O)NCCCN2CCCC2=O)C1. The largest absolute Gasteiger partial charge is 0.343 e. The number of urea groups is 1. The number of likely N-dealkylation sites (tertiary alicyclic amines) is 2. The van der Waals surface area contributed by atoms with Gasteiger partial charge in [0.1, 0.15) is 0 Å². The number of rotatable bonds is 6. The van der Waals surface area contributed by atoms with Crippen molar-refractivity contribution >= 4 is 22.0 Å². The molecule has 0 aromatic rings. The molecule has 0 unspecified atom stereocenters. The summed E-state index contributed by atoms with van der Waals surface area (Å²) in [4.78, 5) is 27.1. The molecular weight excluding hydrogens is 320 g/mol. The first-order valence-corrected chi connectivity index (χ1v) is 10.0. The number of nitrogens with one attached hydrogen (secondary N) is 2. The molecule has 2 heterocycles. The third kappa shape index (κ3) is 5.98. The standard InChI is InChI=1S/C14H26N4O4S/c1-23(21,22)16-12-5-2-9-18(11-12)14(20)15-7-4-10-17-8-3-6-13(17)19/h12,16H,2-11H2,1H3,(H,15,20)/t12-/m0/s1. The van der Waals surface area contributed by atoms with Crippen molar-refractivity contribution in [2.75, 3.05) is 39.0 Å². The summed E-state index contributed by atoms with van der Waals surface area (Å²) in [7, 11) is -3.25. The summed E-state index contributed by atoms with van der Waals surface area (Å²) in [5, 5.41) is 2.85. The summed E-state index contributed by atoms with van der Waals surface area (Å²) in [5.74, 6) is 0.196. The number of sulfonamides is 1. The molecule has 23 heavy (non-hydrogen) atoms. The van der Waals surface area contributed by atoms with E-state index in [0.717, 1.165) is 38.5 Å². The molecule has 0 aliphatic carbocycles. The van der Waals surface area contributed by atoms with E-state index < -0.39 is 10.0 Å². The van der Waals surface area contributed by atoms with Crippen LogP contribution in [0.2, 0.25) is 0 Å². The Morgan fingerprint density at radius 1 is 1.30 bits per heavy atom. The van der Waals surface area contributed by atoms with Crippen LogP contribution < -0.4 is 10.0 Å². The summed E-state index contributed by atoms with van der Waals surface area (Å²) < 4.78 is 25.1. The second kappa shape index (κ2) is 7.96. The Kier molecular flexibility index (Phi) is 6.23. The van der Waals surface area contributed by atoms with Gasteiger partial charge >= 0.3 is 6.03 Å². The summed E-state index contributed by atoms with van der Waals surface area (Å²) >= 11 is 0. The van der Waals surface area contributed by atoms with Crippen LogP contribution >= 0.6 is 0 Å². The Balaban J connectivity index is 1.67. The molecule has 2 N–H and O–H groups in total. The molecular formula is C14H26N4O4S. The van der Waals surface area contributed by atoms with Gasteiger partial charge in [-0.05, 0) is 25.7 Å². The molecule has 132 valence electrons. The minimum Gasteiger partial charge on any atom is -0.343 e. The van der Waals surface area contributed by atoms with E-state index in [4.69, 9.17) is 0 Å². The van der Waals surface area contributed by atoms with Crippen LogP contribution in [0.3, 0.4) is 0 Å². The van der Waals surface area contributed by atoms with Crippen molar-refractivity contribution in [1.29, 1.82) is 0 Å². The number of piperidine rings is 1. The van der Waals surface area contributed by atoms with Gasteiger partial charge in [-0.15, -0.1) is 0 Å². The molecule has 2 aliphatic heterocycles. The minimum absolute atomic E-state index is 0.169. The fourth-order valence-corrected chi connectivity index (χ4v) is 3.88. The molecule has 2 aliphatic rings. The predicted molar refractivity (Wildman–Crippen MR) is 86.4 cm³/mol. The molecule has 3 amide bonds. The van der Waals surface area contributed by atoms with Crippen LogP contribution in [0.15, 0.2) is 0 Å². The first-order valence-electron chi connectivity index (χ1n) is 8.13. The lowest BCUT2D eigenvalue weighted by Gasteiger charge is -2.32. The van der Waals surface area contributed by atoms with Crippen LogP contribution in [-0.2, 0) is 14.8 Å². The van der Waals surface area contributed by atoms with Gasteiger partial charge in [0.25, 0.3) is 0 Å². The fourth-order valence-electron chi connectivity index (χ4n) is 3.08. The van der Waals surface area contributed by atoms with Crippen molar-refractivity contribution in [3.8, 4) is 0 Å². The number of hydrogen-bond donors (Lipinski definition) is 2.